The Balaban J connectivity index is 1.43. The molecular formula is C27H28Cl2N2O. The van der Waals surface area contributed by atoms with Gasteiger partial charge in [0.05, 0.1) is 22.5 Å². The minimum atomic E-state index is 0.127. The first-order valence-electron chi connectivity index (χ1n) is 11.4. The maximum Gasteiger partial charge on any atom is 0.227 e. The van der Waals surface area contributed by atoms with Gasteiger partial charge < -0.3 is 4.90 Å². The topological polar surface area (TPSA) is 23.6 Å². The van der Waals surface area contributed by atoms with Crippen molar-refractivity contribution >= 4 is 39.9 Å². The number of likely N-dealkylation sites (N-methyl/N-ethyl adjacent to an activating group) is 1. The van der Waals surface area contributed by atoms with Gasteiger partial charge in [0.25, 0.3) is 0 Å². The number of likely N-dealkylation sites (tertiary alicyclic amines) is 1. The van der Waals surface area contributed by atoms with Crippen molar-refractivity contribution < 1.29 is 4.79 Å². The predicted octanol–water partition coefficient (Wildman–Crippen LogP) is 5.78. The molecule has 0 spiro atoms. The molecule has 1 saturated heterocycles. The summed E-state index contributed by atoms with van der Waals surface area (Å²) < 4.78 is 0. The summed E-state index contributed by atoms with van der Waals surface area (Å²) >= 11 is 12.2. The van der Waals surface area contributed by atoms with Crippen LogP contribution >= 0.6 is 23.2 Å². The Labute approximate surface area is 199 Å². The molecule has 0 N–H and O–H groups in total. The van der Waals surface area contributed by atoms with Crippen LogP contribution < -0.4 is 0 Å². The van der Waals surface area contributed by atoms with Gasteiger partial charge in [0.2, 0.25) is 5.91 Å². The van der Waals surface area contributed by atoms with Crippen LogP contribution in [0.5, 0.6) is 0 Å². The number of benzene rings is 3. The molecule has 0 saturated carbocycles. The number of halogens is 2. The van der Waals surface area contributed by atoms with Crippen LogP contribution in [0.3, 0.4) is 0 Å². The summed E-state index contributed by atoms with van der Waals surface area (Å²) in [6.45, 7) is 2.25. The molecule has 5 heteroatoms. The molecule has 2 atom stereocenters. The second-order valence-electron chi connectivity index (χ2n) is 9.18. The molecule has 166 valence electrons. The summed E-state index contributed by atoms with van der Waals surface area (Å²) in [6, 6.07) is 19.2. The Morgan fingerprint density at radius 1 is 0.938 bits per heavy atom. The Hall–Kier alpha value is -2.07. The monoisotopic (exact) mass is 466 g/mol. The minimum absolute atomic E-state index is 0.127. The number of carbonyl (C=O) groups excluding carboxylic acids is 1. The van der Waals surface area contributed by atoms with E-state index in [2.05, 4.69) is 41.3 Å². The standard InChI is InChI=1S/C27H28Cl2N2O/c1-30(27(32)13-18-8-9-23(28)24(29)12-18)25-16-21-14-19-6-2-3-7-20(19)15-22(21)17-26(25)31-10-4-5-11-31/h2-3,6-9,12,14-15,25-26H,4-5,10-11,13,16-17H2,1H3/t25-,26-/m1/s1. The van der Waals surface area contributed by atoms with E-state index in [0.29, 0.717) is 22.5 Å². The van der Waals surface area contributed by atoms with Gasteiger partial charge in [0.1, 0.15) is 0 Å². The SMILES string of the molecule is CN(C(=O)Cc1ccc(Cl)c(Cl)c1)[C@@H]1Cc2cc3ccccc3cc2C[C@H]1N1CCCC1. The molecule has 1 aliphatic heterocycles. The van der Waals surface area contributed by atoms with E-state index in [9.17, 15) is 4.79 Å². The van der Waals surface area contributed by atoms with E-state index < -0.39 is 0 Å². The van der Waals surface area contributed by atoms with E-state index in [4.69, 9.17) is 23.2 Å². The number of amides is 1. The average molecular weight is 467 g/mol. The van der Waals surface area contributed by atoms with Crippen LogP contribution in [0.1, 0.15) is 29.5 Å². The summed E-state index contributed by atoms with van der Waals surface area (Å²) in [7, 11) is 1.97. The molecule has 3 aromatic rings. The molecule has 0 radical (unpaired) electrons. The molecule has 2 aliphatic rings. The molecule has 0 aromatic heterocycles. The summed E-state index contributed by atoms with van der Waals surface area (Å²) in [6.07, 6.45) is 4.71. The Morgan fingerprint density at radius 3 is 2.25 bits per heavy atom. The molecule has 3 nitrogen and oxygen atoms in total. The van der Waals surface area contributed by atoms with Crippen molar-refractivity contribution in [1.29, 1.82) is 0 Å². The zero-order valence-electron chi connectivity index (χ0n) is 18.4. The Kier molecular flexibility index (Phi) is 6.16. The fourth-order valence-corrected chi connectivity index (χ4v) is 5.73. The first kappa shape index (κ1) is 21.8. The molecule has 5 rings (SSSR count). The van der Waals surface area contributed by atoms with Gasteiger partial charge in [-0.3, -0.25) is 9.69 Å². The van der Waals surface area contributed by atoms with Crippen LogP contribution in [0.15, 0.2) is 54.6 Å². The van der Waals surface area contributed by atoms with Crippen molar-refractivity contribution in [3.63, 3.8) is 0 Å². The van der Waals surface area contributed by atoms with E-state index >= 15 is 0 Å². The van der Waals surface area contributed by atoms with Crippen molar-refractivity contribution in [3.05, 3.63) is 81.3 Å². The zero-order chi connectivity index (χ0) is 22.2. The second-order valence-corrected chi connectivity index (χ2v) is 10.00. The highest BCUT2D eigenvalue weighted by Gasteiger charge is 2.37. The molecule has 1 amide bonds. The molecule has 1 heterocycles. The lowest BCUT2D eigenvalue weighted by atomic mass is 9.81. The van der Waals surface area contributed by atoms with Gasteiger partial charge in [0, 0.05) is 13.1 Å². The highest BCUT2D eigenvalue weighted by atomic mass is 35.5. The third-order valence-electron chi connectivity index (χ3n) is 7.21. The summed E-state index contributed by atoms with van der Waals surface area (Å²) in [5.41, 5.74) is 3.71. The lowest BCUT2D eigenvalue weighted by molar-refractivity contribution is -0.132. The molecule has 3 aromatic carbocycles. The number of carbonyl (C=O) groups is 1. The van der Waals surface area contributed by atoms with E-state index in [1.807, 2.05) is 18.0 Å². The third-order valence-corrected chi connectivity index (χ3v) is 7.95. The number of nitrogens with zero attached hydrogens (tertiary/aromatic N) is 2. The quantitative estimate of drug-likeness (QED) is 0.486. The van der Waals surface area contributed by atoms with Crippen LogP contribution in [0, 0.1) is 0 Å². The molecular weight excluding hydrogens is 439 g/mol. The normalized spacial score (nSPS) is 21.0. The molecule has 0 unspecified atom stereocenters. The Bertz CT molecular complexity index is 1160. The maximum atomic E-state index is 13.3. The van der Waals surface area contributed by atoms with Crippen LogP contribution in [-0.4, -0.2) is 47.9 Å². The van der Waals surface area contributed by atoms with Crippen molar-refractivity contribution in [2.24, 2.45) is 0 Å². The van der Waals surface area contributed by atoms with Crippen molar-refractivity contribution in [2.75, 3.05) is 20.1 Å². The lowest BCUT2D eigenvalue weighted by Crippen LogP contribution is -2.55. The van der Waals surface area contributed by atoms with Gasteiger partial charge in [-0.25, -0.2) is 0 Å². The lowest BCUT2D eigenvalue weighted by Gasteiger charge is -2.43. The summed E-state index contributed by atoms with van der Waals surface area (Å²) in [5.74, 6) is 0.127. The molecule has 0 bridgehead atoms. The fraction of sp³-hybridized carbons (Fsp3) is 0.370. The molecule has 1 aliphatic carbocycles. The van der Waals surface area contributed by atoms with E-state index in [1.165, 1.54) is 34.7 Å². The number of hydrogen-bond donors (Lipinski definition) is 0. The van der Waals surface area contributed by atoms with Crippen LogP contribution in [0.25, 0.3) is 10.8 Å². The van der Waals surface area contributed by atoms with Crippen molar-refractivity contribution in [1.82, 2.24) is 9.80 Å². The van der Waals surface area contributed by atoms with Gasteiger partial charge in [-0.15, -0.1) is 0 Å². The first-order valence-corrected chi connectivity index (χ1v) is 12.2. The zero-order valence-corrected chi connectivity index (χ0v) is 19.9. The fourth-order valence-electron chi connectivity index (χ4n) is 5.41. The molecule has 1 fully saturated rings. The van der Waals surface area contributed by atoms with Gasteiger partial charge in [-0.05, 0) is 78.4 Å². The number of rotatable bonds is 4. The third kappa shape index (κ3) is 4.26. The minimum Gasteiger partial charge on any atom is -0.341 e. The predicted molar refractivity (Wildman–Crippen MR) is 133 cm³/mol. The summed E-state index contributed by atoms with van der Waals surface area (Å²) in [5, 5.41) is 3.58. The van der Waals surface area contributed by atoms with Gasteiger partial charge in [0.15, 0.2) is 0 Å². The van der Waals surface area contributed by atoms with Gasteiger partial charge in [-0.2, -0.15) is 0 Å². The van der Waals surface area contributed by atoms with E-state index in [1.54, 1.807) is 12.1 Å². The first-order chi connectivity index (χ1) is 15.5. The smallest absolute Gasteiger partial charge is 0.227 e. The Morgan fingerprint density at radius 2 is 1.59 bits per heavy atom. The van der Waals surface area contributed by atoms with E-state index in [0.717, 1.165) is 31.5 Å². The van der Waals surface area contributed by atoms with Gasteiger partial charge >= 0.3 is 0 Å². The maximum absolute atomic E-state index is 13.3. The highest BCUT2D eigenvalue weighted by Crippen LogP contribution is 2.33. The van der Waals surface area contributed by atoms with Crippen LogP contribution in [0.2, 0.25) is 10.0 Å². The molecule has 32 heavy (non-hydrogen) atoms. The second kappa shape index (κ2) is 9.05. The largest absolute Gasteiger partial charge is 0.341 e. The van der Waals surface area contributed by atoms with Crippen LogP contribution in [0.4, 0.5) is 0 Å². The van der Waals surface area contributed by atoms with Crippen molar-refractivity contribution in [3.8, 4) is 0 Å². The average Bonchev–Trinajstić information content (AvgIpc) is 3.33. The highest BCUT2D eigenvalue weighted by molar-refractivity contribution is 6.42. The van der Waals surface area contributed by atoms with Gasteiger partial charge in [-0.1, -0.05) is 65.7 Å². The number of hydrogen-bond acceptors (Lipinski definition) is 2. The number of fused-ring (bicyclic) bond motifs is 2. The summed E-state index contributed by atoms with van der Waals surface area (Å²) in [4.78, 5) is 17.9. The van der Waals surface area contributed by atoms with Crippen molar-refractivity contribution in [2.45, 2.75) is 44.2 Å². The van der Waals surface area contributed by atoms with E-state index in [-0.39, 0.29) is 11.9 Å². The van der Waals surface area contributed by atoms with Crippen LogP contribution in [-0.2, 0) is 24.1 Å².